The molecule has 0 aromatic rings. The second kappa shape index (κ2) is 14.9. The largest absolute Gasteiger partial charge is 0.394 e. The van der Waals surface area contributed by atoms with Crippen molar-refractivity contribution in [3.05, 3.63) is 23.3 Å². The third kappa shape index (κ3) is 8.34. The lowest BCUT2D eigenvalue weighted by atomic mass is 9.48. The van der Waals surface area contributed by atoms with Gasteiger partial charge in [-0.3, -0.25) is 27.8 Å². The first-order chi connectivity index (χ1) is 23.9. The maximum Gasteiger partial charge on any atom is 0.394 e. The maximum absolute atomic E-state index is 12.4. The summed E-state index contributed by atoms with van der Waals surface area (Å²) in [6.45, 7) is 9.38. The number of carbonyl (C=O) groups is 2. The number of ketones is 2. The van der Waals surface area contributed by atoms with E-state index >= 15 is 0 Å². The molecule has 8 aliphatic carbocycles. The zero-order valence-corrected chi connectivity index (χ0v) is 32.7. The Morgan fingerprint density at radius 2 is 0.808 bits per heavy atom. The highest BCUT2D eigenvalue weighted by Crippen LogP contribution is 2.65. The van der Waals surface area contributed by atoms with E-state index in [0.717, 1.165) is 102 Å². The van der Waals surface area contributed by atoms with Crippen LogP contribution in [0.4, 0.5) is 0 Å². The molecule has 8 rings (SSSR count). The Bertz CT molecular complexity index is 1530. The fourth-order valence-electron chi connectivity index (χ4n) is 12.8. The molecule has 6 N–H and O–H groups in total. The molecular weight excluding hydrogens is 713 g/mol. The van der Waals surface area contributed by atoms with E-state index in [1.54, 1.807) is 0 Å². The predicted octanol–water partition coefficient (Wildman–Crippen LogP) is 6.45. The van der Waals surface area contributed by atoms with Crippen molar-refractivity contribution in [2.75, 3.05) is 0 Å². The quantitative estimate of drug-likeness (QED) is 0.115. The first-order valence-corrected chi connectivity index (χ1v) is 21.9. The van der Waals surface area contributed by atoms with Gasteiger partial charge in [-0.25, -0.2) is 0 Å². The van der Waals surface area contributed by atoms with Crippen LogP contribution in [0.1, 0.15) is 130 Å². The van der Waals surface area contributed by atoms with Crippen molar-refractivity contribution < 1.29 is 54.8 Å². The normalized spacial score (nSPS) is 44.8. The molecule has 296 valence electrons. The SMILES string of the molecule is C[C@]12CC[C@H](O)CC1=CC[C@@H]1[C@@H]2CC[C@]2(C)C(=O)CC[C@@H]12.C[C@]12CC[C@H](O)CC1=CC[C@@H]1[C@@H]2CC[C@]2(C)C(=O)CC[C@@H]12.O=S(=O)(O)O.O=S(=O)(O)O. The lowest BCUT2D eigenvalue weighted by Gasteiger charge is -2.56. The van der Waals surface area contributed by atoms with Gasteiger partial charge in [-0.05, 0) is 136 Å². The van der Waals surface area contributed by atoms with Crippen molar-refractivity contribution in [3.8, 4) is 0 Å². The molecule has 0 unspecified atom stereocenters. The van der Waals surface area contributed by atoms with Crippen molar-refractivity contribution >= 4 is 32.4 Å². The molecule has 0 aliphatic heterocycles. The summed E-state index contributed by atoms with van der Waals surface area (Å²) >= 11 is 0. The Hall–Kier alpha value is -1.52. The zero-order chi connectivity index (χ0) is 38.7. The highest BCUT2D eigenvalue weighted by atomic mass is 32.3. The minimum absolute atomic E-state index is 0.0168. The number of aliphatic hydroxyl groups is 2. The molecule has 52 heavy (non-hydrogen) atoms. The summed E-state index contributed by atoms with van der Waals surface area (Å²) < 4.78 is 63.2. The Kier molecular flexibility index (Phi) is 11.9. The van der Waals surface area contributed by atoms with E-state index in [4.69, 9.17) is 35.0 Å². The molecule has 0 spiro atoms. The highest BCUT2D eigenvalue weighted by molar-refractivity contribution is 7.80. The summed E-state index contributed by atoms with van der Waals surface area (Å²) in [6.07, 6.45) is 21.4. The summed E-state index contributed by atoms with van der Waals surface area (Å²) in [4.78, 5) is 24.7. The number of Topliss-reactive ketones (excluding diaryl/α,β-unsaturated/α-hetero) is 2. The van der Waals surface area contributed by atoms with Crippen molar-refractivity contribution in [2.24, 2.45) is 57.2 Å². The average molecular weight is 773 g/mol. The summed E-state index contributed by atoms with van der Waals surface area (Å²) in [5.74, 6) is 5.20. The number of rotatable bonds is 0. The number of hydrogen-bond acceptors (Lipinski definition) is 8. The number of allylic oxidation sites excluding steroid dienone is 2. The van der Waals surface area contributed by atoms with Gasteiger partial charge in [0.15, 0.2) is 0 Å². The van der Waals surface area contributed by atoms with Crippen LogP contribution in [0, 0.1) is 57.2 Å². The molecule has 0 saturated heterocycles. The molecule has 0 radical (unpaired) electrons. The van der Waals surface area contributed by atoms with Crippen LogP contribution >= 0.6 is 0 Å². The first kappa shape index (κ1) is 41.6. The van der Waals surface area contributed by atoms with Crippen LogP contribution in [-0.2, 0) is 30.4 Å². The minimum Gasteiger partial charge on any atom is -0.393 e. The Morgan fingerprint density at radius 3 is 1.13 bits per heavy atom. The van der Waals surface area contributed by atoms with Gasteiger partial charge in [0, 0.05) is 23.7 Å². The van der Waals surface area contributed by atoms with Crippen molar-refractivity contribution in [2.45, 2.75) is 143 Å². The monoisotopic (exact) mass is 772 g/mol. The standard InChI is InChI=1S/2C19H28O2.2H2O4S/c2*1-18-9-7-13(20)11-12(18)3-4-14-15-5-6-17(21)19(15,2)10-8-16(14)18;2*1-5(2,3)4/h2*3,13-16,20H,4-11H2,1-2H3;2*(H2,1,2,3,4)/t2*13-,14-,15-,16-,18-,19-;;/m00../s1. The number of hydrogen-bond donors (Lipinski definition) is 6. The smallest absolute Gasteiger partial charge is 0.393 e. The zero-order valence-electron chi connectivity index (χ0n) is 31.0. The van der Waals surface area contributed by atoms with E-state index in [9.17, 15) is 19.8 Å². The van der Waals surface area contributed by atoms with Crippen LogP contribution in [0.25, 0.3) is 0 Å². The third-order valence-electron chi connectivity index (χ3n) is 15.6. The van der Waals surface area contributed by atoms with Crippen LogP contribution in [0.5, 0.6) is 0 Å². The van der Waals surface area contributed by atoms with Crippen LogP contribution < -0.4 is 0 Å². The van der Waals surface area contributed by atoms with Gasteiger partial charge in [-0.1, -0.05) is 51.0 Å². The van der Waals surface area contributed by atoms with Crippen LogP contribution in [-0.4, -0.2) is 69.0 Å². The van der Waals surface area contributed by atoms with E-state index in [2.05, 4.69) is 39.8 Å². The number of aliphatic hydroxyl groups excluding tert-OH is 2. The van der Waals surface area contributed by atoms with Crippen molar-refractivity contribution in [1.82, 2.24) is 0 Å². The van der Waals surface area contributed by atoms with Crippen LogP contribution in [0.15, 0.2) is 23.3 Å². The van der Waals surface area contributed by atoms with E-state index < -0.39 is 20.8 Å². The summed E-state index contributed by atoms with van der Waals surface area (Å²) in [5.41, 5.74) is 3.61. The molecule has 0 bridgehead atoms. The van der Waals surface area contributed by atoms with Crippen molar-refractivity contribution in [3.63, 3.8) is 0 Å². The second-order valence-electron chi connectivity index (χ2n) is 18.0. The van der Waals surface area contributed by atoms with Gasteiger partial charge in [0.2, 0.25) is 0 Å². The fourth-order valence-corrected chi connectivity index (χ4v) is 12.8. The van der Waals surface area contributed by atoms with Gasteiger partial charge in [0.05, 0.1) is 12.2 Å². The molecule has 0 heterocycles. The third-order valence-corrected chi connectivity index (χ3v) is 15.6. The summed E-state index contributed by atoms with van der Waals surface area (Å²) in [6, 6.07) is 0. The fraction of sp³-hybridized carbons (Fsp3) is 0.842. The van der Waals surface area contributed by atoms with Crippen LogP contribution in [0.2, 0.25) is 0 Å². The molecule has 12 nitrogen and oxygen atoms in total. The van der Waals surface area contributed by atoms with E-state index in [-0.39, 0.29) is 23.0 Å². The second-order valence-corrected chi connectivity index (χ2v) is 19.8. The molecule has 0 amide bonds. The molecule has 0 aromatic carbocycles. The van der Waals surface area contributed by atoms with Gasteiger partial charge in [-0.15, -0.1) is 0 Å². The Labute approximate surface area is 309 Å². The Balaban J connectivity index is 0.000000160. The maximum atomic E-state index is 12.4. The van der Waals surface area contributed by atoms with Gasteiger partial charge in [0.25, 0.3) is 0 Å². The van der Waals surface area contributed by atoms with E-state index in [1.807, 2.05) is 0 Å². The van der Waals surface area contributed by atoms with Crippen molar-refractivity contribution in [1.29, 1.82) is 0 Å². The summed E-state index contributed by atoms with van der Waals surface area (Å²) in [7, 11) is -9.33. The minimum atomic E-state index is -4.67. The molecule has 8 aliphatic rings. The molecule has 6 fully saturated rings. The highest BCUT2D eigenvalue weighted by Gasteiger charge is 2.60. The number of fused-ring (bicyclic) bond motifs is 10. The first-order valence-electron chi connectivity index (χ1n) is 19.1. The topological polar surface area (TPSA) is 224 Å². The van der Waals surface area contributed by atoms with Gasteiger partial charge in [0.1, 0.15) is 11.6 Å². The van der Waals surface area contributed by atoms with E-state index in [0.29, 0.717) is 46.1 Å². The molecular formula is C38H60O12S2. The Morgan fingerprint density at radius 1 is 0.519 bits per heavy atom. The summed E-state index contributed by atoms with van der Waals surface area (Å²) in [5, 5.41) is 20.0. The molecule has 14 heteroatoms. The predicted molar refractivity (Wildman–Crippen MR) is 194 cm³/mol. The van der Waals surface area contributed by atoms with Gasteiger partial charge >= 0.3 is 20.8 Å². The number of carbonyl (C=O) groups excluding carboxylic acids is 2. The van der Waals surface area contributed by atoms with Crippen LogP contribution in [0.3, 0.4) is 0 Å². The van der Waals surface area contributed by atoms with Gasteiger partial charge in [-0.2, -0.15) is 16.8 Å². The average Bonchev–Trinajstić information content (AvgIpc) is 3.50. The lowest BCUT2D eigenvalue weighted by molar-refractivity contribution is -0.132. The molecule has 12 atom stereocenters. The molecule has 0 aromatic heterocycles. The molecule has 6 saturated carbocycles. The van der Waals surface area contributed by atoms with Gasteiger partial charge < -0.3 is 10.2 Å². The lowest BCUT2D eigenvalue weighted by Crippen LogP contribution is -2.50. The van der Waals surface area contributed by atoms with E-state index in [1.165, 1.54) is 24.0 Å².